The predicted molar refractivity (Wildman–Crippen MR) is 145 cm³/mol. The number of ether oxygens (including phenoxy) is 2. The van der Waals surface area contributed by atoms with E-state index < -0.39 is 24.0 Å². The second-order valence-electron chi connectivity index (χ2n) is 11.9. The molecule has 1 saturated heterocycles. The first kappa shape index (κ1) is 27.1. The van der Waals surface area contributed by atoms with Gasteiger partial charge >= 0.3 is 6.09 Å². The second kappa shape index (κ2) is 10.3. The van der Waals surface area contributed by atoms with Crippen molar-refractivity contribution in [3.05, 3.63) is 64.8 Å². The number of aromatic nitrogens is 1. The molecule has 2 fully saturated rings. The summed E-state index contributed by atoms with van der Waals surface area (Å²) in [6.07, 6.45) is -0.0188. The van der Waals surface area contributed by atoms with E-state index in [0.717, 1.165) is 33.3 Å². The molecular weight excluding hydrogens is 500 g/mol. The number of fused-ring (bicyclic) bond motifs is 2. The molecule has 1 aromatic heterocycles. The van der Waals surface area contributed by atoms with Crippen LogP contribution >= 0.6 is 0 Å². The van der Waals surface area contributed by atoms with Gasteiger partial charge in [0.15, 0.2) is 0 Å². The van der Waals surface area contributed by atoms with Gasteiger partial charge in [-0.15, -0.1) is 0 Å². The zero-order valence-electron chi connectivity index (χ0n) is 23.1. The van der Waals surface area contributed by atoms with Gasteiger partial charge in [-0.1, -0.05) is 12.1 Å². The molecule has 4 unspecified atom stereocenters. The maximum Gasteiger partial charge on any atom is 0.419 e. The Bertz CT molecular complexity index is 1420. The Kier molecular flexibility index (Phi) is 7.15. The summed E-state index contributed by atoms with van der Waals surface area (Å²) in [6.45, 7) is 8.69. The minimum absolute atomic E-state index is 0.0551. The van der Waals surface area contributed by atoms with E-state index in [-0.39, 0.29) is 17.9 Å². The van der Waals surface area contributed by atoms with Crippen molar-refractivity contribution in [2.75, 3.05) is 13.7 Å². The van der Waals surface area contributed by atoms with Crippen LogP contribution in [0.15, 0.2) is 42.6 Å². The maximum absolute atomic E-state index is 13.7. The third kappa shape index (κ3) is 5.12. The first-order valence-corrected chi connectivity index (χ1v) is 13.4. The minimum atomic E-state index is -2.31. The van der Waals surface area contributed by atoms with Crippen molar-refractivity contribution in [1.29, 1.82) is 5.26 Å². The van der Waals surface area contributed by atoms with Crippen LogP contribution in [-0.2, 0) is 11.3 Å². The highest BCUT2D eigenvalue weighted by atomic mass is 19.3. The Morgan fingerprint density at radius 2 is 1.90 bits per heavy atom. The number of alkyl halides is 2. The zero-order chi connectivity index (χ0) is 28.1. The van der Waals surface area contributed by atoms with E-state index in [1.54, 1.807) is 30.0 Å². The summed E-state index contributed by atoms with van der Waals surface area (Å²) in [5, 5.41) is 10.2. The normalized spacial score (nSPS) is 23.3. The van der Waals surface area contributed by atoms with Crippen LogP contribution in [-0.4, -0.2) is 41.2 Å². The first-order valence-electron chi connectivity index (χ1n) is 13.4. The van der Waals surface area contributed by atoms with Gasteiger partial charge in [-0.3, -0.25) is 9.47 Å². The van der Waals surface area contributed by atoms with Gasteiger partial charge in [0, 0.05) is 42.2 Å². The van der Waals surface area contributed by atoms with Crippen LogP contribution in [0.25, 0.3) is 10.9 Å². The number of halogens is 2. The molecule has 2 aliphatic rings. The molecule has 3 aromatic rings. The van der Waals surface area contributed by atoms with E-state index in [1.807, 2.05) is 52.0 Å². The van der Waals surface area contributed by atoms with Crippen LogP contribution < -0.4 is 4.74 Å². The van der Waals surface area contributed by atoms with Crippen molar-refractivity contribution in [1.82, 2.24) is 9.47 Å². The number of carbonyl (C=O) groups is 1. The van der Waals surface area contributed by atoms with Gasteiger partial charge in [-0.05, 0) is 87.8 Å². The number of rotatable bonds is 5. The second-order valence-corrected chi connectivity index (χ2v) is 11.9. The number of methoxy groups -OCH3 is 1. The zero-order valence-corrected chi connectivity index (χ0v) is 23.1. The number of hydrogen-bond acceptors (Lipinski definition) is 5. The molecule has 0 amide bonds. The quantitative estimate of drug-likeness (QED) is 0.349. The lowest BCUT2D eigenvalue weighted by Gasteiger charge is -2.30. The average molecular weight is 536 g/mol. The van der Waals surface area contributed by atoms with Crippen molar-refractivity contribution < 1.29 is 23.0 Å². The molecule has 4 atom stereocenters. The van der Waals surface area contributed by atoms with Gasteiger partial charge in [0.2, 0.25) is 6.43 Å². The molecule has 2 heterocycles. The molecule has 206 valence electrons. The summed E-state index contributed by atoms with van der Waals surface area (Å²) in [5.74, 6) is 0.424. The largest absolute Gasteiger partial charge is 0.496 e. The topological polar surface area (TPSA) is 67.5 Å². The lowest BCUT2D eigenvalue weighted by molar-refractivity contribution is 0.0544. The molecule has 2 aromatic carbocycles. The SMILES string of the molecule is COc1cc(C)c2c(ccn2C(=O)OC(C)(C)C)c1CN1CC2CC(C(F)F)CC2C1c1ccc(C#N)cc1. The number of carbonyl (C=O) groups excluding carboxylic acids is 1. The summed E-state index contributed by atoms with van der Waals surface area (Å²) >= 11 is 0. The van der Waals surface area contributed by atoms with Gasteiger partial charge in [-0.25, -0.2) is 13.6 Å². The molecule has 5 rings (SSSR count). The predicted octanol–water partition coefficient (Wildman–Crippen LogP) is 7.08. The molecule has 6 nitrogen and oxygen atoms in total. The Balaban J connectivity index is 1.54. The van der Waals surface area contributed by atoms with E-state index in [4.69, 9.17) is 9.47 Å². The number of benzene rings is 2. The molecule has 0 bridgehead atoms. The summed E-state index contributed by atoms with van der Waals surface area (Å²) < 4.78 is 40.4. The fourth-order valence-electron chi connectivity index (χ4n) is 6.64. The van der Waals surface area contributed by atoms with E-state index >= 15 is 0 Å². The van der Waals surface area contributed by atoms with Crippen LogP contribution in [0.3, 0.4) is 0 Å². The fraction of sp³-hybridized carbons (Fsp3) is 0.484. The van der Waals surface area contributed by atoms with Gasteiger partial charge < -0.3 is 9.47 Å². The lowest BCUT2D eigenvalue weighted by Crippen LogP contribution is -2.27. The Hall–Kier alpha value is -3.44. The summed E-state index contributed by atoms with van der Waals surface area (Å²) in [5.41, 5.74) is 3.58. The van der Waals surface area contributed by atoms with Crippen LogP contribution in [0.2, 0.25) is 0 Å². The van der Waals surface area contributed by atoms with Crippen LogP contribution in [0.1, 0.15) is 61.9 Å². The van der Waals surface area contributed by atoms with Crippen molar-refractivity contribution in [2.24, 2.45) is 17.8 Å². The highest BCUT2D eigenvalue weighted by Gasteiger charge is 2.50. The molecule has 1 aliphatic carbocycles. The summed E-state index contributed by atoms with van der Waals surface area (Å²) in [7, 11) is 1.64. The monoisotopic (exact) mass is 535 g/mol. The summed E-state index contributed by atoms with van der Waals surface area (Å²) in [4.78, 5) is 15.4. The van der Waals surface area contributed by atoms with E-state index in [2.05, 4.69) is 11.0 Å². The molecule has 1 saturated carbocycles. The average Bonchev–Trinajstić information content (AvgIpc) is 3.58. The number of likely N-dealkylation sites (tertiary alicyclic amines) is 1. The van der Waals surface area contributed by atoms with Crippen molar-refractivity contribution in [3.8, 4) is 11.8 Å². The van der Waals surface area contributed by atoms with Gasteiger partial charge in [-0.2, -0.15) is 5.26 Å². The molecular formula is C31H35F2N3O3. The minimum Gasteiger partial charge on any atom is -0.496 e. The van der Waals surface area contributed by atoms with Gasteiger partial charge in [0.1, 0.15) is 11.4 Å². The Labute approximate surface area is 228 Å². The number of nitrogens with zero attached hydrogens (tertiary/aromatic N) is 3. The van der Waals surface area contributed by atoms with Gasteiger partial charge in [0.25, 0.3) is 0 Å². The number of aryl methyl sites for hydroxylation is 1. The Morgan fingerprint density at radius 1 is 1.18 bits per heavy atom. The van der Waals surface area contributed by atoms with Crippen molar-refractivity contribution in [3.63, 3.8) is 0 Å². The smallest absolute Gasteiger partial charge is 0.419 e. The lowest BCUT2D eigenvalue weighted by atomic mass is 9.88. The van der Waals surface area contributed by atoms with Gasteiger partial charge in [0.05, 0.1) is 24.3 Å². The van der Waals surface area contributed by atoms with Crippen LogP contribution in [0, 0.1) is 36.0 Å². The van der Waals surface area contributed by atoms with E-state index in [9.17, 15) is 18.8 Å². The standard InChI is InChI=1S/C31H35F2N3O3/c1-18-12-26(38-5)25(23-10-11-36(27(18)23)30(37)39-31(2,3)4)17-35-16-22-13-21(29(32)33)14-24(22)28(35)20-8-6-19(15-34)7-9-20/h6-12,21-22,24,28-29H,13-14,16-17H2,1-5H3. The molecule has 1 aliphatic heterocycles. The number of hydrogen-bond donors (Lipinski definition) is 0. The molecule has 0 radical (unpaired) electrons. The highest BCUT2D eigenvalue weighted by molar-refractivity contribution is 5.95. The van der Waals surface area contributed by atoms with E-state index in [1.165, 1.54) is 0 Å². The molecule has 0 spiro atoms. The Morgan fingerprint density at radius 3 is 2.51 bits per heavy atom. The number of nitriles is 1. The summed E-state index contributed by atoms with van der Waals surface area (Å²) in [6, 6.07) is 13.5. The van der Waals surface area contributed by atoms with Crippen LogP contribution in [0.5, 0.6) is 5.75 Å². The molecule has 8 heteroatoms. The van der Waals surface area contributed by atoms with E-state index in [0.29, 0.717) is 31.5 Å². The highest BCUT2D eigenvalue weighted by Crippen LogP contribution is 2.53. The molecule has 39 heavy (non-hydrogen) atoms. The van der Waals surface area contributed by atoms with Crippen molar-refractivity contribution in [2.45, 2.75) is 65.1 Å². The van der Waals surface area contributed by atoms with Crippen LogP contribution in [0.4, 0.5) is 13.6 Å². The van der Waals surface area contributed by atoms with Crippen molar-refractivity contribution >= 4 is 17.0 Å². The third-order valence-corrected chi connectivity index (χ3v) is 8.19. The fourth-order valence-corrected chi connectivity index (χ4v) is 6.64. The maximum atomic E-state index is 13.7. The first-order chi connectivity index (χ1) is 18.5. The molecule has 0 N–H and O–H groups in total. The third-order valence-electron chi connectivity index (χ3n) is 8.19.